The summed E-state index contributed by atoms with van der Waals surface area (Å²) in [4.78, 5) is 59.1. The number of rotatable bonds is 24. The summed E-state index contributed by atoms with van der Waals surface area (Å²) in [6, 6.07) is 17.9. The van der Waals surface area contributed by atoms with Crippen LogP contribution in [-0.4, -0.2) is 117 Å². The number of likely N-dealkylation sites (N-methyl/N-ethyl adjacent to an activating group) is 2. The fraction of sp³-hybridized carbons (Fsp3) is 0.652. The third kappa shape index (κ3) is 13.7. The van der Waals surface area contributed by atoms with Crippen molar-refractivity contribution in [2.75, 3.05) is 41.5 Å². The van der Waals surface area contributed by atoms with E-state index in [0.29, 0.717) is 32.6 Å². The van der Waals surface area contributed by atoms with Crippen molar-refractivity contribution in [3.05, 3.63) is 71.8 Å². The van der Waals surface area contributed by atoms with Gasteiger partial charge in [-0.25, -0.2) is 0 Å². The number of likely N-dealkylation sites (tertiary alicyclic amines) is 1. The van der Waals surface area contributed by atoms with E-state index in [1.54, 1.807) is 21.3 Å². The summed E-state index contributed by atoms with van der Waals surface area (Å²) < 4.78 is 18.3. The highest BCUT2D eigenvalue weighted by atomic mass is 16.5. The predicted octanol–water partition coefficient (Wildman–Crippen LogP) is 5.24. The standard InChI is InChI=1S/C46H73N5O7/c1-12-32(6)42(50(9)41(31(4)5)46(55)49-45(54)40(47-8)30(2)3)38(56-10)27-39(52)51-25-19-24-37(51)43(57-11)33(7)44(53)48-36(26-34-20-15-13-16-21-34)29-58-28-35-22-17-14-18-23-35/h13-18,20-23,30-33,36-38,40-43,47H,12,19,24-29H2,1-11H3,(H,48,53)(H,49,54,55)/t32-,33+,36-,37-,38+,40-,41-,42-,43+/m0/s1. The molecule has 3 N–H and O–H groups in total. The summed E-state index contributed by atoms with van der Waals surface area (Å²) in [5.41, 5.74) is 2.15. The van der Waals surface area contributed by atoms with E-state index in [1.807, 2.05) is 112 Å². The average molecular weight is 808 g/mol. The van der Waals surface area contributed by atoms with Gasteiger partial charge >= 0.3 is 0 Å². The average Bonchev–Trinajstić information content (AvgIpc) is 3.68. The van der Waals surface area contributed by atoms with Gasteiger partial charge in [0.15, 0.2) is 0 Å². The van der Waals surface area contributed by atoms with Crippen LogP contribution in [0.3, 0.4) is 0 Å². The lowest BCUT2D eigenvalue weighted by molar-refractivity contribution is -0.144. The Balaban J connectivity index is 1.77. The van der Waals surface area contributed by atoms with Crippen molar-refractivity contribution >= 4 is 23.6 Å². The van der Waals surface area contributed by atoms with Crippen LogP contribution >= 0.6 is 0 Å². The Hall–Kier alpha value is -3.68. The minimum atomic E-state index is -0.647. The second kappa shape index (κ2) is 24.4. The first kappa shape index (κ1) is 48.7. The van der Waals surface area contributed by atoms with Gasteiger partial charge in [0.25, 0.3) is 0 Å². The van der Waals surface area contributed by atoms with Gasteiger partial charge in [-0.2, -0.15) is 0 Å². The SMILES string of the molecule is CC[C@H](C)[C@@H]([C@@H](CC(=O)N1CCC[C@H]1[C@H](OC)[C@@H](C)C(=O)N[C@H](COCc1ccccc1)Cc1ccccc1)OC)N(C)[C@H](C(=O)NC(=O)[C@@H](NC)C(C)C)C(C)C. The van der Waals surface area contributed by atoms with Gasteiger partial charge in [0, 0.05) is 26.8 Å². The van der Waals surface area contributed by atoms with Crippen molar-refractivity contribution in [3.8, 4) is 0 Å². The monoisotopic (exact) mass is 808 g/mol. The third-order valence-electron chi connectivity index (χ3n) is 11.9. The molecule has 1 aliphatic rings. The molecule has 12 nitrogen and oxygen atoms in total. The predicted molar refractivity (Wildman–Crippen MR) is 229 cm³/mol. The lowest BCUT2D eigenvalue weighted by Crippen LogP contribution is -2.60. The minimum absolute atomic E-state index is 0.00409. The van der Waals surface area contributed by atoms with Crippen LogP contribution in [0.25, 0.3) is 0 Å². The number of nitrogens with zero attached hydrogens (tertiary/aromatic N) is 2. The number of carbonyl (C=O) groups excluding carboxylic acids is 4. The van der Waals surface area contributed by atoms with Gasteiger partial charge in [-0.1, -0.05) is 116 Å². The Bertz CT molecular complexity index is 1540. The molecular weight excluding hydrogens is 735 g/mol. The zero-order chi connectivity index (χ0) is 42.9. The number of ether oxygens (including phenoxy) is 3. The molecule has 1 heterocycles. The van der Waals surface area contributed by atoms with Gasteiger partial charge in [-0.05, 0) is 62.2 Å². The van der Waals surface area contributed by atoms with E-state index >= 15 is 0 Å². The summed E-state index contributed by atoms with van der Waals surface area (Å²) >= 11 is 0. The maximum Gasteiger partial charge on any atom is 0.244 e. The maximum absolute atomic E-state index is 14.4. The smallest absolute Gasteiger partial charge is 0.244 e. The Labute approximate surface area is 348 Å². The normalized spacial score (nSPS) is 18.7. The summed E-state index contributed by atoms with van der Waals surface area (Å²) in [7, 11) is 6.81. The second-order valence-electron chi connectivity index (χ2n) is 16.8. The first-order valence-electron chi connectivity index (χ1n) is 21.2. The van der Waals surface area contributed by atoms with Crippen molar-refractivity contribution in [1.82, 2.24) is 25.8 Å². The van der Waals surface area contributed by atoms with Crippen LogP contribution in [0.1, 0.15) is 85.3 Å². The highest BCUT2D eigenvalue weighted by molar-refractivity contribution is 6.00. The topological polar surface area (TPSA) is 139 Å². The van der Waals surface area contributed by atoms with Gasteiger partial charge in [-0.3, -0.25) is 29.4 Å². The molecule has 58 heavy (non-hydrogen) atoms. The van der Waals surface area contributed by atoms with Crippen LogP contribution in [0.2, 0.25) is 0 Å². The third-order valence-corrected chi connectivity index (χ3v) is 11.9. The van der Waals surface area contributed by atoms with E-state index in [4.69, 9.17) is 14.2 Å². The maximum atomic E-state index is 14.4. The molecule has 324 valence electrons. The first-order valence-corrected chi connectivity index (χ1v) is 21.2. The van der Waals surface area contributed by atoms with Gasteiger partial charge in [0.2, 0.25) is 23.6 Å². The van der Waals surface area contributed by atoms with Crippen LogP contribution in [0.5, 0.6) is 0 Å². The second-order valence-corrected chi connectivity index (χ2v) is 16.8. The fourth-order valence-corrected chi connectivity index (χ4v) is 8.65. The molecule has 0 spiro atoms. The molecule has 12 heteroatoms. The van der Waals surface area contributed by atoms with Crippen molar-refractivity contribution in [1.29, 1.82) is 0 Å². The molecule has 4 amide bonds. The Morgan fingerprint density at radius 2 is 1.47 bits per heavy atom. The number of methoxy groups -OCH3 is 2. The molecule has 9 atom stereocenters. The lowest BCUT2D eigenvalue weighted by Gasteiger charge is -2.43. The van der Waals surface area contributed by atoms with E-state index in [0.717, 1.165) is 24.0 Å². The number of nitrogens with one attached hydrogen (secondary N) is 3. The highest BCUT2D eigenvalue weighted by Gasteiger charge is 2.43. The van der Waals surface area contributed by atoms with E-state index in [2.05, 4.69) is 29.8 Å². The zero-order valence-electron chi connectivity index (χ0n) is 37.0. The van der Waals surface area contributed by atoms with Crippen LogP contribution in [0.4, 0.5) is 0 Å². The lowest BCUT2D eigenvalue weighted by atomic mass is 9.87. The van der Waals surface area contributed by atoms with Crippen molar-refractivity contribution in [2.45, 2.75) is 130 Å². The molecule has 0 aliphatic carbocycles. The summed E-state index contributed by atoms with van der Waals surface area (Å²) in [6.45, 7) is 15.1. The molecule has 1 aliphatic heterocycles. The van der Waals surface area contributed by atoms with Gasteiger partial charge in [0.1, 0.15) is 0 Å². The van der Waals surface area contributed by atoms with Gasteiger partial charge in [-0.15, -0.1) is 0 Å². The molecule has 0 unspecified atom stereocenters. The number of carbonyl (C=O) groups is 4. The van der Waals surface area contributed by atoms with E-state index in [9.17, 15) is 19.2 Å². The van der Waals surface area contributed by atoms with Gasteiger partial charge < -0.3 is 29.7 Å². The molecule has 0 radical (unpaired) electrons. The summed E-state index contributed by atoms with van der Waals surface area (Å²) in [5, 5.41) is 8.92. The molecule has 3 rings (SSSR count). The molecular formula is C46H73N5O7. The van der Waals surface area contributed by atoms with Crippen LogP contribution in [0.15, 0.2) is 60.7 Å². The van der Waals surface area contributed by atoms with E-state index in [1.165, 1.54) is 0 Å². The first-order chi connectivity index (χ1) is 27.7. The van der Waals surface area contributed by atoms with E-state index < -0.39 is 30.2 Å². The number of hydrogen-bond acceptors (Lipinski definition) is 9. The number of imide groups is 1. The molecule has 0 bridgehead atoms. The van der Waals surface area contributed by atoms with Crippen LogP contribution < -0.4 is 16.0 Å². The Morgan fingerprint density at radius 1 is 0.845 bits per heavy atom. The van der Waals surface area contributed by atoms with E-state index in [-0.39, 0.29) is 65.9 Å². The molecule has 1 fully saturated rings. The number of benzene rings is 2. The van der Waals surface area contributed by atoms with Crippen LogP contribution in [0, 0.1) is 23.7 Å². The minimum Gasteiger partial charge on any atom is -0.379 e. The number of amides is 4. The van der Waals surface area contributed by atoms with Crippen LogP contribution in [-0.2, 0) is 46.4 Å². The van der Waals surface area contributed by atoms with Gasteiger partial charge in [0.05, 0.1) is 61.9 Å². The van der Waals surface area contributed by atoms with Crippen molar-refractivity contribution in [3.63, 3.8) is 0 Å². The largest absolute Gasteiger partial charge is 0.379 e. The fourth-order valence-electron chi connectivity index (χ4n) is 8.65. The molecule has 0 aromatic heterocycles. The summed E-state index contributed by atoms with van der Waals surface area (Å²) in [5.74, 6) is -1.62. The molecule has 2 aromatic rings. The molecule has 2 aromatic carbocycles. The highest BCUT2D eigenvalue weighted by Crippen LogP contribution is 2.30. The van der Waals surface area contributed by atoms with Crippen molar-refractivity contribution in [2.24, 2.45) is 23.7 Å². The molecule has 0 saturated carbocycles. The summed E-state index contributed by atoms with van der Waals surface area (Å²) in [6.07, 6.45) is 1.88. The Kier molecular flexibility index (Phi) is 20.5. The van der Waals surface area contributed by atoms with Crippen molar-refractivity contribution < 1.29 is 33.4 Å². The number of hydrogen-bond donors (Lipinski definition) is 3. The Morgan fingerprint density at radius 3 is 2.00 bits per heavy atom. The zero-order valence-corrected chi connectivity index (χ0v) is 37.0. The quantitative estimate of drug-likeness (QED) is 0.130. The molecule has 1 saturated heterocycles.